The van der Waals surface area contributed by atoms with Crippen molar-refractivity contribution in [1.29, 1.82) is 0 Å². The monoisotopic (exact) mass is 384 g/mol. The van der Waals surface area contributed by atoms with Crippen LogP contribution in [0.2, 0.25) is 0 Å². The van der Waals surface area contributed by atoms with Gasteiger partial charge in [-0.3, -0.25) is 0 Å². The van der Waals surface area contributed by atoms with Crippen LogP contribution in [-0.2, 0) is 0 Å². The second-order valence-corrected chi connectivity index (χ2v) is 8.31. The van der Waals surface area contributed by atoms with Gasteiger partial charge in [0.2, 0.25) is 0 Å². The minimum Gasteiger partial charge on any atom is -0.484 e. The van der Waals surface area contributed by atoms with Crippen LogP contribution in [0.3, 0.4) is 0 Å². The summed E-state index contributed by atoms with van der Waals surface area (Å²) in [6.07, 6.45) is 4.96. The van der Waals surface area contributed by atoms with E-state index in [1.807, 2.05) is 37.3 Å². The third kappa shape index (κ3) is 4.06. The molecule has 1 aliphatic rings. The van der Waals surface area contributed by atoms with E-state index in [1.54, 1.807) is 6.07 Å². The van der Waals surface area contributed by atoms with Crippen molar-refractivity contribution in [2.75, 3.05) is 6.61 Å². The molecule has 0 spiro atoms. The molecule has 1 nitrogen and oxygen atoms in total. The van der Waals surface area contributed by atoms with Crippen LogP contribution in [-0.4, -0.2) is 6.61 Å². The maximum absolute atomic E-state index is 14.7. The summed E-state index contributed by atoms with van der Waals surface area (Å²) in [5, 5.41) is 0.721. The second kappa shape index (κ2) is 7.81. The minimum absolute atomic E-state index is 0.0200. The Bertz CT molecular complexity index is 901. The molecule has 1 aromatic heterocycles. The summed E-state index contributed by atoms with van der Waals surface area (Å²) < 4.78 is 35.3. The molecule has 0 radical (unpaired) electrons. The quantitative estimate of drug-likeness (QED) is 0.450. The lowest BCUT2D eigenvalue weighted by Crippen LogP contribution is -2.06. The summed E-state index contributed by atoms with van der Waals surface area (Å²) in [4.78, 5) is 0.557. The van der Waals surface area contributed by atoms with E-state index in [4.69, 9.17) is 4.74 Å². The van der Waals surface area contributed by atoms with Gasteiger partial charge in [0.15, 0.2) is 5.06 Å². The van der Waals surface area contributed by atoms with Crippen LogP contribution in [0.25, 0.3) is 21.6 Å². The molecule has 4 rings (SSSR count). The van der Waals surface area contributed by atoms with Crippen LogP contribution in [0, 0.1) is 24.5 Å². The number of aryl methyl sites for hydroxylation is 1. The van der Waals surface area contributed by atoms with Crippen LogP contribution in [0.1, 0.15) is 31.2 Å². The molecule has 0 N–H and O–H groups in total. The standard InChI is InChI=1S/C23H22F2OS/c1-15-6-8-17(9-7-15)18-12-19(24)23(20(25)13-18)21-10-11-22(27-21)26-14-16-4-2-3-5-16/h6-13,16H,2-5,14H2,1H3. The van der Waals surface area contributed by atoms with Crippen molar-refractivity contribution >= 4 is 11.3 Å². The molecule has 140 valence electrons. The first kappa shape index (κ1) is 18.2. The largest absolute Gasteiger partial charge is 0.484 e. The summed E-state index contributed by atoms with van der Waals surface area (Å²) >= 11 is 1.30. The van der Waals surface area contributed by atoms with Gasteiger partial charge in [-0.2, -0.15) is 0 Å². The molecule has 2 aromatic carbocycles. The molecule has 0 saturated heterocycles. The molecule has 0 atom stereocenters. The van der Waals surface area contributed by atoms with Crippen molar-refractivity contribution in [3.05, 3.63) is 65.7 Å². The van der Waals surface area contributed by atoms with Gasteiger partial charge in [0.1, 0.15) is 11.6 Å². The smallest absolute Gasteiger partial charge is 0.174 e. The van der Waals surface area contributed by atoms with Gasteiger partial charge in [0, 0.05) is 4.88 Å². The fourth-order valence-electron chi connectivity index (χ4n) is 3.63. The van der Waals surface area contributed by atoms with Crippen LogP contribution in [0.4, 0.5) is 8.78 Å². The number of benzene rings is 2. The molecular formula is C23H22F2OS. The van der Waals surface area contributed by atoms with E-state index in [2.05, 4.69) is 0 Å². The van der Waals surface area contributed by atoms with E-state index in [1.165, 1.54) is 49.2 Å². The van der Waals surface area contributed by atoms with Crippen molar-refractivity contribution in [3.63, 3.8) is 0 Å². The number of rotatable bonds is 5. The molecule has 27 heavy (non-hydrogen) atoms. The van der Waals surface area contributed by atoms with Crippen molar-refractivity contribution in [3.8, 4) is 26.6 Å². The molecular weight excluding hydrogens is 362 g/mol. The van der Waals surface area contributed by atoms with Gasteiger partial charge >= 0.3 is 0 Å². The summed E-state index contributed by atoms with van der Waals surface area (Å²) in [6, 6.07) is 14.0. The van der Waals surface area contributed by atoms with E-state index >= 15 is 0 Å². The van der Waals surface area contributed by atoms with Gasteiger partial charge in [-0.05, 0) is 61.1 Å². The maximum Gasteiger partial charge on any atom is 0.174 e. The van der Waals surface area contributed by atoms with Crippen LogP contribution in [0.5, 0.6) is 5.06 Å². The van der Waals surface area contributed by atoms with Crippen molar-refractivity contribution < 1.29 is 13.5 Å². The maximum atomic E-state index is 14.7. The first-order valence-corrected chi connectivity index (χ1v) is 10.2. The molecule has 1 heterocycles. The van der Waals surface area contributed by atoms with Gasteiger partial charge in [-0.15, -0.1) is 0 Å². The highest BCUT2D eigenvalue weighted by Gasteiger charge is 2.18. The van der Waals surface area contributed by atoms with Gasteiger partial charge in [-0.25, -0.2) is 8.78 Å². The normalized spacial score (nSPS) is 14.6. The summed E-state index contributed by atoms with van der Waals surface area (Å²) in [5.41, 5.74) is 2.48. The van der Waals surface area contributed by atoms with Gasteiger partial charge in [0.05, 0.1) is 12.2 Å². The van der Waals surface area contributed by atoms with E-state index in [0.29, 0.717) is 23.0 Å². The fraction of sp³-hybridized carbons (Fsp3) is 0.304. The Labute approximate surface area is 162 Å². The molecule has 0 aliphatic heterocycles. The Kier molecular flexibility index (Phi) is 5.26. The molecule has 1 fully saturated rings. The zero-order chi connectivity index (χ0) is 18.8. The van der Waals surface area contributed by atoms with Gasteiger partial charge < -0.3 is 4.74 Å². The molecule has 1 aliphatic carbocycles. The van der Waals surface area contributed by atoms with Crippen molar-refractivity contribution in [2.24, 2.45) is 5.92 Å². The lowest BCUT2D eigenvalue weighted by Gasteiger charge is -2.09. The van der Waals surface area contributed by atoms with Crippen molar-refractivity contribution in [1.82, 2.24) is 0 Å². The molecule has 0 bridgehead atoms. The Morgan fingerprint density at radius 2 is 1.59 bits per heavy atom. The second-order valence-electron chi connectivity index (χ2n) is 7.26. The Morgan fingerprint density at radius 3 is 2.26 bits per heavy atom. The average Bonchev–Trinajstić information content (AvgIpc) is 3.32. The zero-order valence-electron chi connectivity index (χ0n) is 15.3. The average molecular weight is 384 g/mol. The highest BCUT2D eigenvalue weighted by Crippen LogP contribution is 2.38. The number of hydrogen-bond acceptors (Lipinski definition) is 2. The van der Waals surface area contributed by atoms with E-state index in [-0.39, 0.29) is 5.56 Å². The number of ether oxygens (including phenoxy) is 1. The highest BCUT2D eigenvalue weighted by atomic mass is 32.1. The Morgan fingerprint density at radius 1 is 0.926 bits per heavy atom. The fourth-order valence-corrected chi connectivity index (χ4v) is 4.54. The summed E-state index contributed by atoms with van der Waals surface area (Å²) in [6.45, 7) is 2.68. The van der Waals surface area contributed by atoms with E-state index in [0.717, 1.165) is 16.2 Å². The SMILES string of the molecule is Cc1ccc(-c2cc(F)c(-c3ccc(OCC4CCCC4)s3)c(F)c2)cc1. The number of hydrogen-bond donors (Lipinski definition) is 0. The summed E-state index contributed by atoms with van der Waals surface area (Å²) in [7, 11) is 0. The predicted molar refractivity (Wildman–Crippen MR) is 107 cm³/mol. The van der Waals surface area contributed by atoms with Gasteiger partial charge in [-0.1, -0.05) is 54.0 Å². The van der Waals surface area contributed by atoms with E-state index in [9.17, 15) is 8.78 Å². The first-order valence-electron chi connectivity index (χ1n) is 9.39. The highest BCUT2D eigenvalue weighted by molar-refractivity contribution is 7.17. The van der Waals surface area contributed by atoms with Crippen LogP contribution < -0.4 is 4.74 Å². The topological polar surface area (TPSA) is 9.23 Å². The molecule has 0 amide bonds. The first-order chi connectivity index (χ1) is 13.1. The van der Waals surface area contributed by atoms with Crippen molar-refractivity contribution in [2.45, 2.75) is 32.6 Å². The number of halogens is 2. The Hall–Kier alpha value is -2.20. The zero-order valence-corrected chi connectivity index (χ0v) is 16.1. The summed E-state index contributed by atoms with van der Waals surface area (Å²) in [5.74, 6) is -0.484. The van der Waals surface area contributed by atoms with Crippen LogP contribution >= 0.6 is 11.3 Å². The third-order valence-corrected chi connectivity index (χ3v) is 6.21. The third-order valence-electron chi connectivity index (χ3n) is 5.19. The lowest BCUT2D eigenvalue weighted by atomic mass is 10.0. The Balaban J connectivity index is 1.55. The molecule has 0 unspecified atom stereocenters. The predicted octanol–water partition coefficient (Wildman–Crippen LogP) is 7.24. The van der Waals surface area contributed by atoms with E-state index < -0.39 is 11.6 Å². The number of thiophene rings is 1. The van der Waals surface area contributed by atoms with Crippen LogP contribution in [0.15, 0.2) is 48.5 Å². The minimum atomic E-state index is -0.547. The van der Waals surface area contributed by atoms with Gasteiger partial charge in [0.25, 0.3) is 0 Å². The molecule has 3 aromatic rings. The molecule has 1 saturated carbocycles. The lowest BCUT2D eigenvalue weighted by molar-refractivity contribution is 0.259. The molecule has 4 heteroatoms.